The zero-order chi connectivity index (χ0) is 21.0. The van der Waals surface area contributed by atoms with Crippen molar-refractivity contribution in [1.82, 2.24) is 0 Å². The van der Waals surface area contributed by atoms with Gasteiger partial charge in [0.2, 0.25) is 0 Å². The number of carbonyl (C=O) groups is 1. The van der Waals surface area contributed by atoms with Gasteiger partial charge in [0.25, 0.3) is 5.91 Å². The summed E-state index contributed by atoms with van der Waals surface area (Å²) in [5.74, 6) is 0.113. The van der Waals surface area contributed by atoms with Gasteiger partial charge in [-0.3, -0.25) is 9.69 Å². The Bertz CT molecular complexity index is 1010. The van der Waals surface area contributed by atoms with Crippen molar-refractivity contribution in [3.05, 3.63) is 70.4 Å². The number of thiocarbonyl (C=S) groups is 1. The highest BCUT2D eigenvalue weighted by Crippen LogP contribution is 2.40. The van der Waals surface area contributed by atoms with Crippen LogP contribution in [0.15, 0.2) is 54.0 Å². The molecule has 150 valence electrons. The van der Waals surface area contributed by atoms with E-state index in [9.17, 15) is 9.18 Å². The largest absolute Gasteiger partial charge is 0.490 e. The predicted octanol–water partition coefficient (Wildman–Crippen LogP) is 5.85. The van der Waals surface area contributed by atoms with E-state index in [1.165, 1.54) is 23.1 Å². The molecule has 1 heterocycles. The van der Waals surface area contributed by atoms with Gasteiger partial charge in [0.1, 0.15) is 12.4 Å². The minimum atomic E-state index is -0.441. The molecule has 4 nitrogen and oxygen atoms in total. The lowest BCUT2D eigenvalue weighted by atomic mass is 10.1. The summed E-state index contributed by atoms with van der Waals surface area (Å²) in [5.41, 5.74) is 1.04. The first kappa shape index (κ1) is 21.4. The quantitative estimate of drug-likeness (QED) is 0.301. The van der Waals surface area contributed by atoms with Gasteiger partial charge in [0.15, 0.2) is 15.8 Å². The van der Waals surface area contributed by atoms with E-state index in [0.717, 1.165) is 11.8 Å². The number of hydrogen-bond acceptors (Lipinski definition) is 5. The molecule has 0 saturated carbocycles. The molecule has 0 N–H and O–H groups in total. The number of ether oxygens (including phenoxy) is 2. The van der Waals surface area contributed by atoms with E-state index in [1.54, 1.807) is 30.4 Å². The van der Waals surface area contributed by atoms with Crippen LogP contribution in [-0.2, 0) is 4.79 Å². The smallest absolute Gasteiger partial charge is 0.270 e. The molecule has 1 fully saturated rings. The van der Waals surface area contributed by atoms with Crippen molar-refractivity contribution in [2.24, 2.45) is 0 Å². The van der Waals surface area contributed by atoms with Crippen LogP contribution in [0.2, 0.25) is 5.02 Å². The zero-order valence-electron chi connectivity index (χ0n) is 15.5. The molecule has 0 spiro atoms. The summed E-state index contributed by atoms with van der Waals surface area (Å²) in [6.45, 7) is 6.18. The van der Waals surface area contributed by atoms with Crippen LogP contribution in [0.4, 0.5) is 10.1 Å². The molecule has 8 heteroatoms. The summed E-state index contributed by atoms with van der Waals surface area (Å²) in [7, 11) is 0. The van der Waals surface area contributed by atoms with Crippen molar-refractivity contribution < 1.29 is 18.7 Å². The average molecular weight is 450 g/mol. The van der Waals surface area contributed by atoms with Crippen molar-refractivity contribution in [1.29, 1.82) is 0 Å². The highest BCUT2D eigenvalue weighted by Gasteiger charge is 2.33. The number of nitrogens with zero attached hydrogens (tertiary/aromatic N) is 1. The van der Waals surface area contributed by atoms with Crippen LogP contribution in [0, 0.1) is 5.82 Å². The van der Waals surface area contributed by atoms with Crippen molar-refractivity contribution in [2.45, 2.75) is 6.92 Å². The highest BCUT2D eigenvalue weighted by molar-refractivity contribution is 8.27. The Morgan fingerprint density at radius 1 is 1.31 bits per heavy atom. The summed E-state index contributed by atoms with van der Waals surface area (Å²) >= 11 is 12.8. The molecule has 0 aliphatic carbocycles. The van der Waals surface area contributed by atoms with Gasteiger partial charge in [-0.25, -0.2) is 4.39 Å². The zero-order valence-corrected chi connectivity index (χ0v) is 17.9. The Labute approximate surface area is 182 Å². The van der Waals surface area contributed by atoms with Crippen molar-refractivity contribution in [3.63, 3.8) is 0 Å². The molecule has 0 unspecified atom stereocenters. The third kappa shape index (κ3) is 4.80. The van der Waals surface area contributed by atoms with Crippen LogP contribution in [0.25, 0.3) is 6.08 Å². The molecule has 0 atom stereocenters. The number of anilines is 1. The van der Waals surface area contributed by atoms with E-state index in [4.69, 9.17) is 33.3 Å². The lowest BCUT2D eigenvalue weighted by molar-refractivity contribution is -0.113. The van der Waals surface area contributed by atoms with Gasteiger partial charge in [-0.15, -0.1) is 0 Å². The molecule has 2 aromatic carbocycles. The molecule has 0 radical (unpaired) electrons. The van der Waals surface area contributed by atoms with Gasteiger partial charge in [0, 0.05) is 0 Å². The van der Waals surface area contributed by atoms with Gasteiger partial charge < -0.3 is 9.47 Å². The van der Waals surface area contributed by atoms with E-state index >= 15 is 0 Å². The van der Waals surface area contributed by atoms with Crippen molar-refractivity contribution >= 4 is 57.6 Å². The average Bonchev–Trinajstić information content (AvgIpc) is 2.94. The number of carbonyl (C=O) groups excluding carboxylic acids is 1. The number of thioether (sulfide) groups is 1. The molecular weight excluding hydrogens is 433 g/mol. The van der Waals surface area contributed by atoms with Gasteiger partial charge in [-0.1, -0.05) is 54.3 Å². The molecule has 0 bridgehead atoms. The van der Waals surface area contributed by atoms with E-state index in [1.807, 2.05) is 6.92 Å². The summed E-state index contributed by atoms with van der Waals surface area (Å²) < 4.78 is 25.1. The fourth-order valence-electron chi connectivity index (χ4n) is 2.67. The van der Waals surface area contributed by atoms with Crippen LogP contribution in [0.5, 0.6) is 11.5 Å². The number of halogens is 2. The van der Waals surface area contributed by atoms with Gasteiger partial charge in [0.05, 0.1) is 22.2 Å². The normalized spacial score (nSPS) is 15.1. The number of rotatable bonds is 7. The Morgan fingerprint density at radius 2 is 2.10 bits per heavy atom. The Morgan fingerprint density at radius 3 is 2.79 bits per heavy atom. The number of hydrogen-bond donors (Lipinski definition) is 0. The molecule has 2 aromatic rings. The van der Waals surface area contributed by atoms with E-state index < -0.39 is 5.82 Å². The van der Waals surface area contributed by atoms with Crippen LogP contribution in [-0.4, -0.2) is 23.4 Å². The number of amides is 1. The first-order valence-electron chi connectivity index (χ1n) is 8.68. The maximum absolute atomic E-state index is 13.6. The number of benzene rings is 2. The van der Waals surface area contributed by atoms with Crippen LogP contribution in [0.1, 0.15) is 12.5 Å². The second-order valence-electron chi connectivity index (χ2n) is 5.86. The summed E-state index contributed by atoms with van der Waals surface area (Å²) in [5, 5.41) is 0.352. The fraction of sp³-hybridized carbons (Fsp3) is 0.143. The Balaban J connectivity index is 1.94. The molecule has 0 aromatic heterocycles. The second-order valence-corrected chi connectivity index (χ2v) is 7.94. The lowest BCUT2D eigenvalue weighted by Crippen LogP contribution is -2.27. The second kappa shape index (κ2) is 9.43. The minimum Gasteiger partial charge on any atom is -0.490 e. The molecule has 3 rings (SSSR count). The fourth-order valence-corrected chi connectivity index (χ4v) is 4.25. The monoisotopic (exact) mass is 449 g/mol. The van der Waals surface area contributed by atoms with Gasteiger partial charge in [-0.05, 0) is 48.9 Å². The Kier molecular flexibility index (Phi) is 6.95. The summed E-state index contributed by atoms with van der Waals surface area (Å²) in [6.07, 6.45) is 3.28. The van der Waals surface area contributed by atoms with Crippen molar-refractivity contribution in [3.8, 4) is 11.5 Å². The Hall–Kier alpha value is -2.35. The highest BCUT2D eigenvalue weighted by atomic mass is 35.5. The lowest BCUT2D eigenvalue weighted by Gasteiger charge is -2.14. The topological polar surface area (TPSA) is 38.8 Å². The summed E-state index contributed by atoms with van der Waals surface area (Å²) in [4.78, 5) is 14.6. The van der Waals surface area contributed by atoms with Crippen LogP contribution < -0.4 is 14.4 Å². The minimum absolute atomic E-state index is 0.283. The molecule has 1 saturated heterocycles. The SMILES string of the molecule is C=CCOc1c(Cl)cc(/C=C2\SC(=S)N(c3cccc(F)c3)C2=O)cc1OCC. The molecule has 1 aliphatic rings. The molecule has 29 heavy (non-hydrogen) atoms. The molecule has 1 aliphatic heterocycles. The third-order valence-corrected chi connectivity index (χ3v) is 5.42. The third-order valence-electron chi connectivity index (χ3n) is 3.84. The molecular formula is C21H17ClFNO3S2. The van der Waals surface area contributed by atoms with Crippen molar-refractivity contribution in [2.75, 3.05) is 18.1 Å². The van der Waals surface area contributed by atoms with Gasteiger partial charge >= 0.3 is 0 Å². The van der Waals surface area contributed by atoms with E-state index in [-0.39, 0.29) is 12.5 Å². The first-order valence-corrected chi connectivity index (χ1v) is 10.3. The predicted molar refractivity (Wildman–Crippen MR) is 120 cm³/mol. The van der Waals surface area contributed by atoms with E-state index in [0.29, 0.717) is 43.6 Å². The first-order chi connectivity index (χ1) is 13.9. The van der Waals surface area contributed by atoms with Crippen LogP contribution >= 0.6 is 35.6 Å². The van der Waals surface area contributed by atoms with E-state index in [2.05, 4.69) is 6.58 Å². The maximum Gasteiger partial charge on any atom is 0.270 e. The standard InChI is InChI=1S/C21H17ClFNO3S2/c1-3-8-27-19-16(22)9-13(10-17(19)26-4-2)11-18-20(25)24(21(28)29-18)15-7-5-6-14(23)12-15/h3,5-7,9-12H,1,4,8H2,2H3/b18-11-. The maximum atomic E-state index is 13.6. The molecule has 1 amide bonds. The van der Waals surface area contributed by atoms with Gasteiger partial charge in [-0.2, -0.15) is 0 Å². The van der Waals surface area contributed by atoms with Crippen LogP contribution in [0.3, 0.4) is 0 Å². The summed E-state index contributed by atoms with van der Waals surface area (Å²) in [6, 6.07) is 9.16.